The van der Waals surface area contributed by atoms with Gasteiger partial charge in [0, 0.05) is 16.9 Å². The zero-order chi connectivity index (χ0) is 14.0. The van der Waals surface area contributed by atoms with Gasteiger partial charge in [0.25, 0.3) is 5.91 Å². The van der Waals surface area contributed by atoms with Crippen molar-refractivity contribution < 1.29 is 4.79 Å². The lowest BCUT2D eigenvalue weighted by atomic mass is 10.1. The Morgan fingerprint density at radius 1 is 1.42 bits per heavy atom. The number of nitrogens with two attached hydrogens (primary N) is 2. The van der Waals surface area contributed by atoms with Crippen molar-refractivity contribution in [2.75, 3.05) is 11.1 Å². The molecule has 0 spiro atoms. The van der Waals surface area contributed by atoms with E-state index >= 15 is 0 Å². The van der Waals surface area contributed by atoms with Crippen LogP contribution in [0.4, 0.5) is 11.5 Å². The van der Waals surface area contributed by atoms with Crippen LogP contribution in [-0.4, -0.2) is 16.1 Å². The molecule has 7 heteroatoms. The number of rotatable bonds is 4. The molecule has 0 atom stereocenters. The molecule has 1 aromatic carbocycles. The highest BCUT2D eigenvalue weighted by molar-refractivity contribution is 9.10. The number of nitrogens with zero attached hydrogens (tertiary/aromatic N) is 1. The number of aromatic nitrogens is 2. The molecule has 1 aromatic heterocycles. The van der Waals surface area contributed by atoms with E-state index in [-0.39, 0.29) is 5.69 Å². The van der Waals surface area contributed by atoms with Gasteiger partial charge in [0.05, 0.1) is 4.47 Å². The van der Waals surface area contributed by atoms with E-state index in [1.165, 1.54) is 0 Å². The molecule has 0 aliphatic heterocycles. The molecule has 6 N–H and O–H groups in total. The quantitative estimate of drug-likeness (QED) is 0.645. The second-order valence-corrected chi connectivity index (χ2v) is 4.61. The molecule has 0 aliphatic carbocycles. The van der Waals surface area contributed by atoms with Crippen molar-refractivity contribution in [1.29, 1.82) is 0 Å². The molecule has 6 nitrogen and oxygen atoms in total. The number of nitrogen functional groups attached to an aromatic ring is 1. The van der Waals surface area contributed by atoms with Crippen LogP contribution in [0.15, 0.2) is 35.3 Å². The van der Waals surface area contributed by atoms with Gasteiger partial charge in [-0.1, -0.05) is 24.8 Å². The summed E-state index contributed by atoms with van der Waals surface area (Å²) >= 11 is 3.24. The van der Waals surface area contributed by atoms with Gasteiger partial charge in [-0.05, 0) is 22.0 Å². The van der Waals surface area contributed by atoms with Crippen LogP contribution < -0.4 is 16.8 Å². The average molecular weight is 322 g/mol. The van der Waals surface area contributed by atoms with Crippen molar-refractivity contribution in [3.05, 3.63) is 46.6 Å². The lowest BCUT2D eigenvalue weighted by Gasteiger charge is -2.10. The number of carbonyl (C=O) groups is 1. The van der Waals surface area contributed by atoms with Crippen LogP contribution in [-0.2, 0) is 0 Å². The summed E-state index contributed by atoms with van der Waals surface area (Å²) in [7, 11) is 0. The summed E-state index contributed by atoms with van der Waals surface area (Å²) in [6.45, 7) is 3.89. The zero-order valence-corrected chi connectivity index (χ0v) is 11.5. The first kappa shape index (κ1) is 13.2. The van der Waals surface area contributed by atoms with Crippen LogP contribution in [0.1, 0.15) is 16.1 Å². The second kappa shape index (κ2) is 5.15. The van der Waals surface area contributed by atoms with E-state index in [1.807, 2.05) is 18.2 Å². The van der Waals surface area contributed by atoms with Gasteiger partial charge in [-0.25, -0.2) is 0 Å². The number of benzene rings is 1. The molecule has 0 fully saturated rings. The van der Waals surface area contributed by atoms with Crippen molar-refractivity contribution in [1.82, 2.24) is 10.2 Å². The first-order valence-corrected chi connectivity index (χ1v) is 6.14. The minimum absolute atomic E-state index is 0.191. The van der Waals surface area contributed by atoms with Gasteiger partial charge in [0.1, 0.15) is 5.69 Å². The minimum atomic E-state index is -0.600. The summed E-state index contributed by atoms with van der Waals surface area (Å²) in [6, 6.07) is 7.30. The van der Waals surface area contributed by atoms with Crippen LogP contribution in [0, 0.1) is 0 Å². The maximum absolute atomic E-state index is 11.1. The van der Waals surface area contributed by atoms with Crippen molar-refractivity contribution in [3.63, 3.8) is 0 Å². The van der Waals surface area contributed by atoms with E-state index in [2.05, 4.69) is 38.0 Å². The number of aromatic amines is 1. The predicted octanol–water partition coefficient (Wildman–Crippen LogP) is 1.94. The van der Waals surface area contributed by atoms with Crippen molar-refractivity contribution in [2.45, 2.75) is 0 Å². The number of H-pyrrole nitrogens is 1. The predicted molar refractivity (Wildman–Crippen MR) is 78.3 cm³/mol. The third-order valence-electron chi connectivity index (χ3n) is 2.51. The fourth-order valence-corrected chi connectivity index (χ4v) is 2.03. The average Bonchev–Trinajstić information content (AvgIpc) is 2.71. The number of primary amides is 1. The van der Waals surface area contributed by atoms with E-state index in [1.54, 1.807) is 6.07 Å². The zero-order valence-electron chi connectivity index (χ0n) is 9.90. The molecule has 0 bridgehead atoms. The van der Waals surface area contributed by atoms with Crippen molar-refractivity contribution in [3.8, 4) is 0 Å². The Labute approximate surface area is 118 Å². The van der Waals surface area contributed by atoms with Crippen LogP contribution in [0.5, 0.6) is 0 Å². The molecular formula is C12H12BrN5O. The molecular weight excluding hydrogens is 310 g/mol. The summed E-state index contributed by atoms with van der Waals surface area (Å²) < 4.78 is 0.454. The Morgan fingerprint density at radius 2 is 2.11 bits per heavy atom. The number of hydrogen-bond acceptors (Lipinski definition) is 4. The molecule has 0 radical (unpaired) electrons. The van der Waals surface area contributed by atoms with E-state index in [4.69, 9.17) is 11.5 Å². The van der Waals surface area contributed by atoms with Gasteiger partial charge in [-0.3, -0.25) is 9.89 Å². The molecule has 2 rings (SSSR count). The summed E-state index contributed by atoms with van der Waals surface area (Å²) in [5.41, 5.74) is 13.2. The molecule has 0 aliphatic rings. The van der Waals surface area contributed by atoms with E-state index in [0.29, 0.717) is 21.7 Å². The van der Waals surface area contributed by atoms with Crippen molar-refractivity contribution in [2.24, 2.45) is 5.73 Å². The van der Waals surface area contributed by atoms with Crippen LogP contribution >= 0.6 is 15.9 Å². The standard InChI is InChI=1S/C12H12BrN5O/c1-6(7-4-2-3-5-8(7)14)16-12-9(13)10(11(15)19)17-18-12/h2-5H,1,14H2,(H2,15,19)(H2,16,17,18). The maximum Gasteiger partial charge on any atom is 0.267 e. The molecule has 1 amide bonds. The van der Waals surface area contributed by atoms with Crippen molar-refractivity contribution >= 4 is 39.0 Å². The largest absolute Gasteiger partial charge is 0.398 e. The van der Waals surface area contributed by atoms with E-state index < -0.39 is 5.91 Å². The van der Waals surface area contributed by atoms with Gasteiger partial charge in [0.2, 0.25) is 0 Å². The van der Waals surface area contributed by atoms with Gasteiger partial charge in [-0.15, -0.1) is 0 Å². The summed E-state index contributed by atoms with van der Waals surface area (Å²) in [4.78, 5) is 11.1. The van der Waals surface area contributed by atoms with Gasteiger partial charge >= 0.3 is 0 Å². The normalized spacial score (nSPS) is 10.2. The van der Waals surface area contributed by atoms with Gasteiger partial charge in [-0.2, -0.15) is 5.10 Å². The second-order valence-electron chi connectivity index (χ2n) is 3.82. The van der Waals surface area contributed by atoms with Crippen LogP contribution in [0.25, 0.3) is 5.70 Å². The van der Waals surface area contributed by atoms with E-state index in [9.17, 15) is 4.79 Å². The number of para-hydroxylation sites is 1. The lowest BCUT2D eigenvalue weighted by Crippen LogP contribution is -2.12. The van der Waals surface area contributed by atoms with Crippen LogP contribution in [0.2, 0.25) is 0 Å². The first-order valence-electron chi connectivity index (χ1n) is 5.35. The molecule has 0 saturated heterocycles. The maximum atomic E-state index is 11.1. The fourth-order valence-electron chi connectivity index (χ4n) is 1.56. The number of halogens is 1. The lowest BCUT2D eigenvalue weighted by molar-refractivity contribution is 0.0995. The summed E-state index contributed by atoms with van der Waals surface area (Å²) in [6.07, 6.45) is 0. The Hall–Kier alpha value is -2.28. The highest BCUT2D eigenvalue weighted by Crippen LogP contribution is 2.27. The SMILES string of the molecule is C=C(Nc1n[nH]c(C(N)=O)c1Br)c1ccccc1N. The molecule has 1 heterocycles. The monoisotopic (exact) mass is 321 g/mol. The molecule has 19 heavy (non-hydrogen) atoms. The third kappa shape index (κ3) is 2.60. The van der Waals surface area contributed by atoms with Gasteiger partial charge < -0.3 is 16.8 Å². The van der Waals surface area contributed by atoms with Crippen LogP contribution in [0.3, 0.4) is 0 Å². The first-order chi connectivity index (χ1) is 9.00. The number of amides is 1. The Balaban J connectivity index is 2.25. The molecule has 0 unspecified atom stereocenters. The Bertz CT molecular complexity index is 649. The number of hydrogen-bond donors (Lipinski definition) is 4. The highest BCUT2D eigenvalue weighted by Gasteiger charge is 2.15. The molecule has 98 valence electrons. The van der Waals surface area contributed by atoms with E-state index in [0.717, 1.165) is 5.56 Å². The number of anilines is 2. The minimum Gasteiger partial charge on any atom is -0.398 e. The number of nitrogens with one attached hydrogen (secondary N) is 2. The molecule has 0 saturated carbocycles. The fraction of sp³-hybridized carbons (Fsp3) is 0. The summed E-state index contributed by atoms with van der Waals surface area (Å²) in [5.74, 6) is -0.181. The summed E-state index contributed by atoms with van der Waals surface area (Å²) in [5, 5.41) is 9.46. The smallest absolute Gasteiger partial charge is 0.267 e. The van der Waals surface area contributed by atoms with Gasteiger partial charge in [0.15, 0.2) is 5.82 Å². The number of carbonyl (C=O) groups excluding carboxylic acids is 1. The Kier molecular flexibility index (Phi) is 3.57. The topological polar surface area (TPSA) is 110 Å². The highest BCUT2D eigenvalue weighted by atomic mass is 79.9. The Morgan fingerprint density at radius 3 is 2.68 bits per heavy atom. The third-order valence-corrected chi connectivity index (χ3v) is 3.28. The molecule has 2 aromatic rings.